The van der Waals surface area contributed by atoms with Gasteiger partial charge in [-0.05, 0) is 58.7 Å². The van der Waals surface area contributed by atoms with E-state index in [1.807, 2.05) is 0 Å². The van der Waals surface area contributed by atoms with Crippen molar-refractivity contribution in [3.8, 4) is 11.1 Å². The molecule has 0 atom stereocenters. The van der Waals surface area contributed by atoms with Gasteiger partial charge in [-0.2, -0.15) is 0 Å². The third kappa shape index (κ3) is 2.40. The van der Waals surface area contributed by atoms with E-state index in [9.17, 15) is 0 Å². The van der Waals surface area contributed by atoms with Crippen molar-refractivity contribution in [3.05, 3.63) is 93.5 Å². The lowest BCUT2D eigenvalue weighted by Crippen LogP contribution is -1.98. The normalized spacial score (nSPS) is 12.0. The van der Waals surface area contributed by atoms with Crippen LogP contribution < -0.4 is 0 Å². The van der Waals surface area contributed by atoms with E-state index in [4.69, 9.17) is 0 Å². The topological polar surface area (TPSA) is 0 Å². The van der Waals surface area contributed by atoms with Crippen LogP contribution in [0.5, 0.6) is 0 Å². The van der Waals surface area contributed by atoms with Crippen LogP contribution in [0.4, 0.5) is 0 Å². The number of benzene rings is 3. The van der Waals surface area contributed by atoms with E-state index in [2.05, 4.69) is 82.7 Å². The standard InChI is InChI=1S/C21H17Br/c22-21-13-12-18-17-9-5-4-8-16(17)14-20(18)19(21)11-10-15-6-2-1-3-7-15/h1-9,12-13H,10-11,14H2. The Kier molecular flexibility index (Phi) is 3.59. The molecule has 4 rings (SSSR count). The van der Waals surface area contributed by atoms with Crippen molar-refractivity contribution in [2.75, 3.05) is 0 Å². The van der Waals surface area contributed by atoms with Crippen LogP contribution in [0.25, 0.3) is 11.1 Å². The molecule has 0 saturated carbocycles. The highest BCUT2D eigenvalue weighted by atomic mass is 79.9. The van der Waals surface area contributed by atoms with Gasteiger partial charge in [0.15, 0.2) is 0 Å². The Bertz CT molecular complexity index is 819. The van der Waals surface area contributed by atoms with Gasteiger partial charge in [0.2, 0.25) is 0 Å². The maximum atomic E-state index is 3.77. The Morgan fingerprint density at radius 3 is 2.36 bits per heavy atom. The van der Waals surface area contributed by atoms with Gasteiger partial charge >= 0.3 is 0 Å². The lowest BCUT2D eigenvalue weighted by Gasteiger charge is -2.11. The average Bonchev–Trinajstić information content (AvgIpc) is 2.93. The molecule has 0 bridgehead atoms. The van der Waals surface area contributed by atoms with Gasteiger partial charge < -0.3 is 0 Å². The van der Waals surface area contributed by atoms with E-state index in [0.29, 0.717) is 0 Å². The summed E-state index contributed by atoms with van der Waals surface area (Å²) in [5, 5.41) is 0. The molecule has 0 spiro atoms. The molecule has 1 heteroatoms. The Balaban J connectivity index is 1.69. The smallest absolute Gasteiger partial charge is 0.0210 e. The van der Waals surface area contributed by atoms with Crippen LogP contribution in [0.15, 0.2) is 71.2 Å². The summed E-state index contributed by atoms with van der Waals surface area (Å²) in [5.41, 5.74) is 8.66. The molecule has 0 heterocycles. The summed E-state index contributed by atoms with van der Waals surface area (Å²) in [6, 6.07) is 24.0. The number of rotatable bonds is 3. The summed E-state index contributed by atoms with van der Waals surface area (Å²) >= 11 is 3.77. The maximum Gasteiger partial charge on any atom is 0.0210 e. The lowest BCUT2D eigenvalue weighted by atomic mass is 9.96. The second kappa shape index (κ2) is 5.73. The van der Waals surface area contributed by atoms with Gasteiger partial charge in [0, 0.05) is 4.47 Å². The minimum absolute atomic E-state index is 1.06. The van der Waals surface area contributed by atoms with E-state index < -0.39 is 0 Å². The van der Waals surface area contributed by atoms with Crippen LogP contribution in [0.1, 0.15) is 22.3 Å². The minimum atomic E-state index is 1.06. The van der Waals surface area contributed by atoms with E-state index in [1.165, 1.54) is 37.9 Å². The summed E-state index contributed by atoms with van der Waals surface area (Å²) in [5.74, 6) is 0. The summed E-state index contributed by atoms with van der Waals surface area (Å²) in [6.45, 7) is 0. The molecule has 0 unspecified atom stereocenters. The molecular weight excluding hydrogens is 332 g/mol. The summed E-state index contributed by atoms with van der Waals surface area (Å²) in [4.78, 5) is 0. The van der Waals surface area contributed by atoms with Crippen molar-refractivity contribution in [3.63, 3.8) is 0 Å². The highest BCUT2D eigenvalue weighted by molar-refractivity contribution is 9.10. The molecule has 0 radical (unpaired) electrons. The van der Waals surface area contributed by atoms with E-state index in [-0.39, 0.29) is 0 Å². The molecule has 0 N–H and O–H groups in total. The largest absolute Gasteiger partial charge is 0.0622 e. The molecule has 3 aromatic rings. The van der Waals surface area contributed by atoms with Crippen molar-refractivity contribution in [1.82, 2.24) is 0 Å². The van der Waals surface area contributed by atoms with Crippen LogP contribution in [-0.4, -0.2) is 0 Å². The molecular formula is C21H17Br. The number of hydrogen-bond acceptors (Lipinski definition) is 0. The number of fused-ring (bicyclic) bond motifs is 3. The van der Waals surface area contributed by atoms with E-state index in [0.717, 1.165) is 19.3 Å². The zero-order chi connectivity index (χ0) is 14.9. The zero-order valence-electron chi connectivity index (χ0n) is 12.4. The third-order valence-electron chi connectivity index (χ3n) is 4.56. The predicted octanol–water partition coefficient (Wildman–Crippen LogP) is 5.81. The molecule has 0 aliphatic heterocycles. The van der Waals surface area contributed by atoms with Crippen molar-refractivity contribution in [2.24, 2.45) is 0 Å². The molecule has 108 valence electrons. The predicted molar refractivity (Wildman–Crippen MR) is 96.2 cm³/mol. The van der Waals surface area contributed by atoms with Gasteiger partial charge in [-0.1, -0.05) is 76.6 Å². The Morgan fingerprint density at radius 1 is 0.727 bits per heavy atom. The third-order valence-corrected chi connectivity index (χ3v) is 5.30. The SMILES string of the molecule is Brc1ccc2c(c1CCc1ccccc1)Cc1ccccc1-2. The highest BCUT2D eigenvalue weighted by Gasteiger charge is 2.21. The quantitative estimate of drug-likeness (QED) is 0.438. The van der Waals surface area contributed by atoms with E-state index >= 15 is 0 Å². The number of halogens is 1. The summed E-state index contributed by atoms with van der Waals surface area (Å²) < 4.78 is 1.25. The fourth-order valence-electron chi connectivity index (χ4n) is 3.43. The van der Waals surface area contributed by atoms with Gasteiger partial charge in [0.25, 0.3) is 0 Å². The van der Waals surface area contributed by atoms with Gasteiger partial charge in [0.05, 0.1) is 0 Å². The van der Waals surface area contributed by atoms with Gasteiger partial charge in [-0.15, -0.1) is 0 Å². The molecule has 0 amide bonds. The van der Waals surface area contributed by atoms with Crippen LogP contribution in [0.2, 0.25) is 0 Å². The fraction of sp³-hybridized carbons (Fsp3) is 0.143. The van der Waals surface area contributed by atoms with Crippen LogP contribution in [-0.2, 0) is 19.3 Å². The monoisotopic (exact) mass is 348 g/mol. The fourth-order valence-corrected chi connectivity index (χ4v) is 4.00. The van der Waals surface area contributed by atoms with Crippen molar-refractivity contribution >= 4 is 15.9 Å². The molecule has 22 heavy (non-hydrogen) atoms. The highest BCUT2D eigenvalue weighted by Crippen LogP contribution is 2.40. The molecule has 1 aliphatic rings. The molecule has 0 nitrogen and oxygen atoms in total. The van der Waals surface area contributed by atoms with Crippen molar-refractivity contribution in [1.29, 1.82) is 0 Å². The Morgan fingerprint density at radius 2 is 1.50 bits per heavy atom. The Hall–Kier alpha value is -1.86. The first-order valence-electron chi connectivity index (χ1n) is 7.75. The first-order chi connectivity index (χ1) is 10.8. The zero-order valence-corrected chi connectivity index (χ0v) is 13.9. The van der Waals surface area contributed by atoms with Crippen LogP contribution >= 0.6 is 15.9 Å². The van der Waals surface area contributed by atoms with E-state index in [1.54, 1.807) is 0 Å². The molecule has 0 saturated heterocycles. The first kappa shape index (κ1) is 13.8. The molecule has 1 aliphatic carbocycles. The van der Waals surface area contributed by atoms with Gasteiger partial charge in [0.1, 0.15) is 0 Å². The Labute approximate surface area is 140 Å². The molecule has 3 aromatic carbocycles. The van der Waals surface area contributed by atoms with Gasteiger partial charge in [-0.3, -0.25) is 0 Å². The van der Waals surface area contributed by atoms with Crippen LogP contribution in [0, 0.1) is 0 Å². The molecule has 0 fully saturated rings. The second-order valence-corrected chi connectivity index (χ2v) is 6.73. The average molecular weight is 349 g/mol. The minimum Gasteiger partial charge on any atom is -0.0622 e. The summed E-state index contributed by atoms with van der Waals surface area (Å²) in [7, 11) is 0. The number of hydrogen-bond donors (Lipinski definition) is 0. The summed E-state index contributed by atoms with van der Waals surface area (Å²) in [6.07, 6.45) is 3.24. The van der Waals surface area contributed by atoms with Crippen molar-refractivity contribution in [2.45, 2.75) is 19.3 Å². The van der Waals surface area contributed by atoms with Gasteiger partial charge in [-0.25, -0.2) is 0 Å². The number of aryl methyl sites for hydroxylation is 1. The first-order valence-corrected chi connectivity index (χ1v) is 8.54. The maximum absolute atomic E-state index is 3.77. The second-order valence-electron chi connectivity index (χ2n) is 5.87. The molecule has 0 aromatic heterocycles. The lowest BCUT2D eigenvalue weighted by molar-refractivity contribution is 0.937. The van der Waals surface area contributed by atoms with Crippen LogP contribution in [0.3, 0.4) is 0 Å². The van der Waals surface area contributed by atoms with Crippen molar-refractivity contribution < 1.29 is 0 Å².